The van der Waals surface area contributed by atoms with E-state index in [-0.39, 0.29) is 54.6 Å². The van der Waals surface area contributed by atoms with Crippen molar-refractivity contribution in [2.24, 2.45) is 5.92 Å². The van der Waals surface area contributed by atoms with Gasteiger partial charge in [-0.2, -0.15) is 4.31 Å². The number of hydrogen-bond acceptors (Lipinski definition) is 6. The third-order valence-electron chi connectivity index (χ3n) is 5.99. The molecule has 0 fully saturated rings. The molecule has 34 heavy (non-hydrogen) atoms. The van der Waals surface area contributed by atoms with Crippen LogP contribution in [0.15, 0.2) is 47.4 Å². The zero-order valence-electron chi connectivity index (χ0n) is 19.8. The van der Waals surface area contributed by atoms with Gasteiger partial charge in [-0.25, -0.2) is 12.8 Å². The van der Waals surface area contributed by atoms with Crippen molar-refractivity contribution >= 4 is 15.9 Å². The second kappa shape index (κ2) is 10.8. The van der Waals surface area contributed by atoms with Gasteiger partial charge in [0.15, 0.2) is 0 Å². The lowest BCUT2D eigenvalue weighted by Gasteiger charge is -2.37. The fraction of sp³-hybridized carbons (Fsp3) is 0.458. The van der Waals surface area contributed by atoms with E-state index in [2.05, 4.69) is 0 Å². The maximum atomic E-state index is 13.5. The average molecular weight is 495 g/mol. The van der Waals surface area contributed by atoms with Gasteiger partial charge >= 0.3 is 0 Å². The SMILES string of the molecule is COCC(=O)N(C)C[C@@H]1Oc2cc(-c3ccc(F)cc3)ccc2S(=O)(=O)N([C@@H](C)CO)C[C@@H]1C. The minimum Gasteiger partial charge on any atom is -0.487 e. The van der Waals surface area contributed by atoms with Crippen LogP contribution in [0.1, 0.15) is 13.8 Å². The van der Waals surface area contributed by atoms with E-state index in [1.54, 1.807) is 38.2 Å². The Morgan fingerprint density at radius 3 is 2.53 bits per heavy atom. The lowest BCUT2D eigenvalue weighted by atomic mass is 10.0. The van der Waals surface area contributed by atoms with E-state index in [0.717, 1.165) is 0 Å². The number of ether oxygens (including phenoxy) is 2. The molecule has 0 saturated carbocycles. The summed E-state index contributed by atoms with van der Waals surface area (Å²) in [6, 6.07) is 9.94. The number of likely N-dealkylation sites (N-methyl/N-ethyl adjacent to an activating group) is 1. The molecular weight excluding hydrogens is 463 g/mol. The molecule has 0 spiro atoms. The molecule has 2 aromatic carbocycles. The third-order valence-corrected chi connectivity index (χ3v) is 8.01. The number of methoxy groups -OCH3 is 1. The van der Waals surface area contributed by atoms with Crippen molar-refractivity contribution in [2.45, 2.75) is 30.9 Å². The summed E-state index contributed by atoms with van der Waals surface area (Å²) in [5, 5.41) is 9.74. The number of nitrogens with zero attached hydrogens (tertiary/aromatic N) is 2. The Kier molecular flexibility index (Phi) is 8.29. The fourth-order valence-electron chi connectivity index (χ4n) is 3.87. The number of amides is 1. The molecule has 0 aromatic heterocycles. The fourth-order valence-corrected chi connectivity index (χ4v) is 5.70. The van der Waals surface area contributed by atoms with Gasteiger partial charge in [-0.05, 0) is 42.3 Å². The Balaban J connectivity index is 2.08. The number of fused-ring (bicyclic) bond motifs is 1. The van der Waals surface area contributed by atoms with Crippen molar-refractivity contribution in [1.29, 1.82) is 0 Å². The number of benzene rings is 2. The summed E-state index contributed by atoms with van der Waals surface area (Å²) in [6.45, 7) is 3.39. The van der Waals surface area contributed by atoms with E-state index in [0.29, 0.717) is 11.1 Å². The monoisotopic (exact) mass is 494 g/mol. The van der Waals surface area contributed by atoms with Crippen LogP contribution in [0.2, 0.25) is 0 Å². The van der Waals surface area contributed by atoms with Crippen LogP contribution in [0, 0.1) is 11.7 Å². The van der Waals surface area contributed by atoms with Crippen LogP contribution in [-0.2, 0) is 19.6 Å². The van der Waals surface area contributed by atoms with Crippen LogP contribution in [0.5, 0.6) is 5.75 Å². The molecule has 1 aliphatic heterocycles. The molecule has 0 radical (unpaired) electrons. The van der Waals surface area contributed by atoms with Crippen LogP contribution in [-0.4, -0.2) is 81.2 Å². The molecule has 8 nitrogen and oxygen atoms in total. The number of carbonyl (C=O) groups is 1. The summed E-state index contributed by atoms with van der Waals surface area (Å²) in [5.74, 6) is -0.765. The van der Waals surface area contributed by atoms with Gasteiger partial charge < -0.3 is 19.5 Å². The first-order valence-corrected chi connectivity index (χ1v) is 12.4. The molecule has 0 unspecified atom stereocenters. The second-order valence-electron chi connectivity index (χ2n) is 8.62. The number of sulfonamides is 1. The predicted molar refractivity (Wildman–Crippen MR) is 125 cm³/mol. The van der Waals surface area contributed by atoms with Crippen molar-refractivity contribution < 1.29 is 32.2 Å². The first-order valence-electron chi connectivity index (χ1n) is 11.0. The molecule has 1 N–H and O–H groups in total. The topological polar surface area (TPSA) is 96.4 Å². The summed E-state index contributed by atoms with van der Waals surface area (Å²) in [7, 11) is -0.908. The summed E-state index contributed by atoms with van der Waals surface area (Å²) >= 11 is 0. The zero-order chi connectivity index (χ0) is 25.0. The maximum absolute atomic E-state index is 13.5. The predicted octanol–water partition coefficient (Wildman–Crippen LogP) is 2.37. The molecule has 1 amide bonds. The highest BCUT2D eigenvalue weighted by molar-refractivity contribution is 7.89. The van der Waals surface area contributed by atoms with E-state index in [4.69, 9.17) is 9.47 Å². The highest BCUT2D eigenvalue weighted by atomic mass is 32.2. The van der Waals surface area contributed by atoms with E-state index < -0.39 is 22.2 Å². The van der Waals surface area contributed by atoms with E-state index in [1.807, 2.05) is 6.92 Å². The number of carbonyl (C=O) groups excluding carboxylic acids is 1. The Morgan fingerprint density at radius 1 is 1.26 bits per heavy atom. The van der Waals surface area contributed by atoms with Gasteiger partial charge in [0.2, 0.25) is 15.9 Å². The zero-order valence-corrected chi connectivity index (χ0v) is 20.6. The van der Waals surface area contributed by atoms with Crippen LogP contribution in [0.25, 0.3) is 11.1 Å². The van der Waals surface area contributed by atoms with Gasteiger partial charge in [0.05, 0.1) is 13.2 Å². The first kappa shape index (κ1) is 26.1. The van der Waals surface area contributed by atoms with Gasteiger partial charge in [0.1, 0.15) is 29.2 Å². The summed E-state index contributed by atoms with van der Waals surface area (Å²) in [4.78, 5) is 13.8. The van der Waals surface area contributed by atoms with E-state index in [9.17, 15) is 22.7 Å². The minimum atomic E-state index is -3.98. The average Bonchev–Trinajstić information content (AvgIpc) is 2.81. The standard InChI is InChI=1S/C24H31FN2O6S/c1-16-12-27(17(2)14-28)34(30,31)23-10-7-19(18-5-8-20(25)9-6-18)11-21(23)33-22(16)13-26(3)24(29)15-32-4/h5-11,16-17,22,28H,12-15H2,1-4H3/t16-,17-,22-/m0/s1. The van der Waals surface area contributed by atoms with Crippen molar-refractivity contribution in [1.82, 2.24) is 9.21 Å². The molecule has 0 aliphatic carbocycles. The van der Waals surface area contributed by atoms with Gasteiger partial charge in [-0.3, -0.25) is 4.79 Å². The van der Waals surface area contributed by atoms with E-state index in [1.165, 1.54) is 34.5 Å². The third kappa shape index (κ3) is 5.57. The van der Waals surface area contributed by atoms with Crippen molar-refractivity contribution in [3.63, 3.8) is 0 Å². The molecule has 3 atom stereocenters. The van der Waals surface area contributed by atoms with Gasteiger partial charge in [-0.1, -0.05) is 25.1 Å². The normalized spacial score (nSPS) is 21.0. The van der Waals surface area contributed by atoms with Crippen LogP contribution in [0.3, 0.4) is 0 Å². The van der Waals surface area contributed by atoms with Gasteiger partial charge in [0.25, 0.3) is 0 Å². The minimum absolute atomic E-state index is 0.0265. The number of aliphatic hydroxyl groups is 1. The first-order chi connectivity index (χ1) is 16.1. The Bertz CT molecular complexity index is 1110. The summed E-state index contributed by atoms with van der Waals surface area (Å²) < 4.78 is 52.9. The van der Waals surface area contributed by atoms with Crippen LogP contribution < -0.4 is 4.74 Å². The molecule has 0 saturated heterocycles. The Labute approximate surface area is 199 Å². The molecule has 0 bridgehead atoms. The molecular formula is C24H31FN2O6S. The maximum Gasteiger partial charge on any atom is 0.248 e. The Hall–Kier alpha value is -2.53. The highest BCUT2D eigenvalue weighted by Gasteiger charge is 2.38. The summed E-state index contributed by atoms with van der Waals surface area (Å²) in [6.07, 6.45) is -0.531. The molecule has 1 aliphatic rings. The number of rotatable bonds is 7. The second-order valence-corrected chi connectivity index (χ2v) is 10.5. The number of aliphatic hydroxyl groups excluding tert-OH is 1. The van der Waals surface area contributed by atoms with Crippen molar-refractivity contribution in [2.75, 3.05) is 40.5 Å². The lowest BCUT2D eigenvalue weighted by molar-refractivity contribution is -0.135. The Morgan fingerprint density at radius 2 is 1.91 bits per heavy atom. The molecule has 10 heteroatoms. The largest absolute Gasteiger partial charge is 0.487 e. The quantitative estimate of drug-likeness (QED) is 0.635. The van der Waals surface area contributed by atoms with Crippen molar-refractivity contribution in [3.05, 3.63) is 48.3 Å². The van der Waals surface area contributed by atoms with Gasteiger partial charge in [-0.15, -0.1) is 0 Å². The smallest absolute Gasteiger partial charge is 0.248 e. The summed E-state index contributed by atoms with van der Waals surface area (Å²) in [5.41, 5.74) is 1.36. The van der Waals surface area contributed by atoms with Crippen LogP contribution in [0.4, 0.5) is 4.39 Å². The van der Waals surface area contributed by atoms with Crippen LogP contribution >= 0.6 is 0 Å². The molecule has 1 heterocycles. The molecule has 3 rings (SSSR count). The number of halogens is 1. The van der Waals surface area contributed by atoms with Gasteiger partial charge in [0, 0.05) is 32.7 Å². The number of hydrogen-bond donors (Lipinski definition) is 1. The molecule has 186 valence electrons. The molecule has 2 aromatic rings. The lowest BCUT2D eigenvalue weighted by Crippen LogP contribution is -2.50. The van der Waals surface area contributed by atoms with Crippen molar-refractivity contribution in [3.8, 4) is 16.9 Å². The highest BCUT2D eigenvalue weighted by Crippen LogP contribution is 2.36. The van der Waals surface area contributed by atoms with E-state index >= 15 is 0 Å².